The molecule has 40 heavy (non-hydrogen) atoms. The second-order valence-electron chi connectivity index (χ2n) is 9.65. The van der Waals surface area contributed by atoms with Crippen LogP contribution < -0.4 is 14.9 Å². The van der Waals surface area contributed by atoms with E-state index in [9.17, 15) is 14.9 Å². The Labute approximate surface area is 240 Å². The van der Waals surface area contributed by atoms with Gasteiger partial charge in [0.15, 0.2) is 4.80 Å². The lowest BCUT2D eigenvalue weighted by molar-refractivity contribution is -0.384. The Kier molecular flexibility index (Phi) is 5.98. The van der Waals surface area contributed by atoms with Crippen LogP contribution in [0.4, 0.5) is 5.69 Å². The molecule has 0 N–H and O–H groups in total. The third-order valence-electron chi connectivity index (χ3n) is 7.32. The zero-order chi connectivity index (χ0) is 27.4. The summed E-state index contributed by atoms with van der Waals surface area (Å²) in [5.41, 5.74) is 6.14. The van der Waals surface area contributed by atoms with Crippen molar-refractivity contribution in [2.24, 2.45) is 4.99 Å². The fraction of sp³-hybridized carbons (Fsp3) is 0.0968. The van der Waals surface area contributed by atoms with Crippen LogP contribution in [0, 0.1) is 10.1 Å². The predicted molar refractivity (Wildman–Crippen MR) is 158 cm³/mol. The van der Waals surface area contributed by atoms with Crippen molar-refractivity contribution >= 4 is 44.7 Å². The van der Waals surface area contributed by atoms with Gasteiger partial charge in [0.2, 0.25) is 0 Å². The van der Waals surface area contributed by atoms with Crippen LogP contribution in [0.5, 0.6) is 0 Å². The SMILES string of the molecule is O=c1/c(=C/c2ccc(-c3ccc([N+](=O)[O-])cc3Br)o2)sc2n1[C@H](c1ccccc1)C1=C(N=2)c2ccccc2CC1. The molecule has 0 saturated heterocycles. The van der Waals surface area contributed by atoms with Crippen molar-refractivity contribution in [2.75, 3.05) is 0 Å². The molecule has 3 aromatic carbocycles. The molecule has 7 nitrogen and oxygen atoms in total. The molecule has 1 aliphatic heterocycles. The van der Waals surface area contributed by atoms with Gasteiger partial charge in [-0.1, -0.05) is 65.9 Å². The molecule has 0 saturated carbocycles. The summed E-state index contributed by atoms with van der Waals surface area (Å²) >= 11 is 4.75. The van der Waals surface area contributed by atoms with Crippen LogP contribution in [0.15, 0.2) is 109 Å². The van der Waals surface area contributed by atoms with Gasteiger partial charge in [-0.15, -0.1) is 0 Å². The van der Waals surface area contributed by atoms with Crippen molar-refractivity contribution in [3.8, 4) is 11.3 Å². The quantitative estimate of drug-likeness (QED) is 0.178. The van der Waals surface area contributed by atoms with E-state index in [1.807, 2.05) is 28.8 Å². The maximum absolute atomic E-state index is 13.9. The maximum atomic E-state index is 13.9. The number of thiazole rings is 1. The fourth-order valence-corrected chi connectivity index (χ4v) is 7.02. The smallest absolute Gasteiger partial charge is 0.271 e. The molecule has 0 spiro atoms. The zero-order valence-corrected chi connectivity index (χ0v) is 23.3. The lowest BCUT2D eigenvalue weighted by Crippen LogP contribution is -2.38. The van der Waals surface area contributed by atoms with Gasteiger partial charge in [0, 0.05) is 33.8 Å². The number of nitrogens with zero attached hydrogens (tertiary/aromatic N) is 3. The molecule has 0 amide bonds. The number of rotatable bonds is 4. The number of nitro groups is 1. The van der Waals surface area contributed by atoms with Crippen LogP contribution in [-0.4, -0.2) is 9.49 Å². The minimum atomic E-state index is -0.443. The van der Waals surface area contributed by atoms with Gasteiger partial charge in [0.1, 0.15) is 11.5 Å². The van der Waals surface area contributed by atoms with E-state index in [-0.39, 0.29) is 17.3 Å². The number of halogens is 1. The van der Waals surface area contributed by atoms with Crippen molar-refractivity contribution in [1.82, 2.24) is 4.57 Å². The second-order valence-corrected chi connectivity index (χ2v) is 11.5. The number of aryl methyl sites for hydroxylation is 1. The molecule has 7 rings (SSSR count). The van der Waals surface area contributed by atoms with E-state index in [1.165, 1.54) is 29.0 Å². The monoisotopic (exact) mass is 609 g/mol. The minimum absolute atomic E-state index is 0.0122. The summed E-state index contributed by atoms with van der Waals surface area (Å²) in [5.74, 6) is 1.05. The number of hydrogen-bond acceptors (Lipinski definition) is 6. The maximum Gasteiger partial charge on any atom is 0.271 e. The Morgan fingerprint density at radius 3 is 2.60 bits per heavy atom. The third kappa shape index (κ3) is 4.09. The number of hydrogen-bond donors (Lipinski definition) is 0. The van der Waals surface area contributed by atoms with Gasteiger partial charge in [0.05, 0.1) is 21.2 Å². The highest BCUT2D eigenvalue weighted by Gasteiger charge is 2.32. The molecule has 2 aliphatic rings. The summed E-state index contributed by atoms with van der Waals surface area (Å²) in [6.07, 6.45) is 3.49. The zero-order valence-electron chi connectivity index (χ0n) is 20.9. The number of aromatic nitrogens is 1. The first-order valence-corrected chi connectivity index (χ1v) is 14.3. The molecule has 5 aromatic rings. The molecular weight excluding hydrogens is 590 g/mol. The van der Waals surface area contributed by atoms with E-state index in [0.29, 0.717) is 30.9 Å². The van der Waals surface area contributed by atoms with Crippen molar-refractivity contribution in [3.63, 3.8) is 0 Å². The lowest BCUT2D eigenvalue weighted by atomic mass is 9.83. The van der Waals surface area contributed by atoms with Crippen molar-refractivity contribution in [2.45, 2.75) is 18.9 Å². The van der Waals surface area contributed by atoms with E-state index in [1.54, 1.807) is 24.3 Å². The topological polar surface area (TPSA) is 90.6 Å². The first kappa shape index (κ1) is 24.7. The Bertz CT molecular complexity index is 2040. The summed E-state index contributed by atoms with van der Waals surface area (Å²) in [5, 5.41) is 11.1. The molecule has 3 heterocycles. The molecule has 0 radical (unpaired) electrons. The third-order valence-corrected chi connectivity index (χ3v) is 8.96. The highest BCUT2D eigenvalue weighted by molar-refractivity contribution is 9.10. The normalized spacial score (nSPS) is 16.2. The number of non-ortho nitro benzene ring substituents is 1. The molecular formula is C31H20BrN3O4S. The van der Waals surface area contributed by atoms with Crippen LogP contribution in [-0.2, 0) is 6.42 Å². The van der Waals surface area contributed by atoms with Crippen LogP contribution in [0.25, 0.3) is 23.1 Å². The summed E-state index contributed by atoms with van der Waals surface area (Å²) in [6.45, 7) is 0. The number of nitro benzene ring substituents is 1. The Morgan fingerprint density at radius 2 is 1.80 bits per heavy atom. The molecule has 1 atom stereocenters. The minimum Gasteiger partial charge on any atom is -0.457 e. The predicted octanol–water partition coefficient (Wildman–Crippen LogP) is 6.25. The van der Waals surface area contributed by atoms with Crippen LogP contribution >= 0.6 is 27.3 Å². The van der Waals surface area contributed by atoms with Crippen LogP contribution in [0.1, 0.15) is 34.9 Å². The Hall–Kier alpha value is -4.34. The fourth-order valence-electron chi connectivity index (χ4n) is 5.48. The van der Waals surface area contributed by atoms with Gasteiger partial charge in [-0.05, 0) is 63.7 Å². The highest BCUT2D eigenvalue weighted by Crippen LogP contribution is 2.41. The molecule has 0 fully saturated rings. The van der Waals surface area contributed by atoms with E-state index < -0.39 is 4.92 Å². The van der Waals surface area contributed by atoms with Gasteiger partial charge in [-0.3, -0.25) is 19.5 Å². The van der Waals surface area contributed by atoms with E-state index >= 15 is 0 Å². The van der Waals surface area contributed by atoms with Crippen molar-refractivity contribution < 1.29 is 9.34 Å². The lowest BCUT2D eigenvalue weighted by Gasteiger charge is -2.30. The molecule has 2 aromatic heterocycles. The van der Waals surface area contributed by atoms with Gasteiger partial charge in [0.25, 0.3) is 11.2 Å². The Balaban J connectivity index is 1.36. The number of fused-ring (bicyclic) bond motifs is 3. The molecule has 9 heteroatoms. The van der Waals surface area contributed by atoms with Gasteiger partial charge in [-0.2, -0.15) is 0 Å². The van der Waals surface area contributed by atoms with Crippen molar-refractivity contribution in [3.05, 3.63) is 147 Å². The molecule has 196 valence electrons. The average molecular weight is 610 g/mol. The summed E-state index contributed by atoms with van der Waals surface area (Å²) in [6, 6.07) is 26.4. The number of benzene rings is 3. The van der Waals surface area contributed by atoms with Crippen LogP contribution in [0.2, 0.25) is 0 Å². The number of furan rings is 1. The molecule has 1 aliphatic carbocycles. The standard InChI is InChI=1S/C31H20BrN3O4S/c32-25-16-20(35(37)38)11-14-23(25)26-15-12-21(39-26)17-27-30(36)34-29(19-7-2-1-3-8-19)24-13-10-18-6-4-5-9-22(18)28(24)33-31(34)40-27/h1-9,11-12,14-17,29H,10,13H2/b27-17-/t29-/m1/s1. The summed E-state index contributed by atoms with van der Waals surface area (Å²) in [4.78, 5) is 30.3. The van der Waals surface area contributed by atoms with Gasteiger partial charge in [-0.25, -0.2) is 4.99 Å². The Morgan fingerprint density at radius 1 is 1.00 bits per heavy atom. The second kappa shape index (κ2) is 9.69. The van der Waals surface area contributed by atoms with Gasteiger partial charge >= 0.3 is 0 Å². The molecule has 0 bridgehead atoms. The van der Waals surface area contributed by atoms with E-state index in [2.05, 4.69) is 46.3 Å². The number of allylic oxidation sites excluding steroid dienone is 1. The average Bonchev–Trinajstić information content (AvgIpc) is 3.56. The largest absolute Gasteiger partial charge is 0.457 e. The van der Waals surface area contributed by atoms with Crippen LogP contribution in [0.3, 0.4) is 0 Å². The van der Waals surface area contributed by atoms with Gasteiger partial charge < -0.3 is 4.42 Å². The first-order chi connectivity index (χ1) is 19.5. The van der Waals surface area contributed by atoms with E-state index in [0.717, 1.165) is 35.2 Å². The molecule has 0 unspecified atom stereocenters. The van der Waals surface area contributed by atoms with Crippen molar-refractivity contribution in [1.29, 1.82) is 0 Å². The summed E-state index contributed by atoms with van der Waals surface area (Å²) in [7, 11) is 0. The summed E-state index contributed by atoms with van der Waals surface area (Å²) < 4.78 is 8.95. The first-order valence-electron chi connectivity index (χ1n) is 12.7. The highest BCUT2D eigenvalue weighted by atomic mass is 79.9. The van der Waals surface area contributed by atoms with E-state index in [4.69, 9.17) is 9.41 Å².